The van der Waals surface area contributed by atoms with Crippen LogP contribution in [0.1, 0.15) is 36.7 Å². The van der Waals surface area contributed by atoms with Crippen LogP contribution < -0.4 is 10.5 Å². The second kappa shape index (κ2) is 8.07. The number of nitriles is 1. The van der Waals surface area contributed by atoms with Crippen LogP contribution in [0.5, 0.6) is 11.5 Å². The molecule has 0 saturated heterocycles. The summed E-state index contributed by atoms with van der Waals surface area (Å²) in [6.07, 6.45) is 0. The molecule has 0 spiro atoms. The van der Waals surface area contributed by atoms with Crippen LogP contribution in [0.15, 0.2) is 66.7 Å². The van der Waals surface area contributed by atoms with Crippen molar-refractivity contribution in [2.45, 2.75) is 26.4 Å². The molecule has 0 amide bonds. The van der Waals surface area contributed by atoms with Gasteiger partial charge in [0, 0.05) is 11.3 Å². The fourth-order valence-electron chi connectivity index (χ4n) is 2.80. The van der Waals surface area contributed by atoms with E-state index in [1.54, 1.807) is 54.6 Å². The highest BCUT2D eigenvalue weighted by molar-refractivity contribution is 5.98. The number of anilines is 1. The molecular weight excluding hydrogens is 364 g/mol. The number of rotatable bonds is 4. The summed E-state index contributed by atoms with van der Waals surface area (Å²) in [5, 5.41) is 8.96. The summed E-state index contributed by atoms with van der Waals surface area (Å²) in [5.74, 6) is 0.699. The lowest BCUT2D eigenvalue weighted by molar-refractivity contribution is 0.00704. The van der Waals surface area contributed by atoms with Crippen LogP contribution in [0.3, 0.4) is 0 Å². The van der Waals surface area contributed by atoms with Crippen LogP contribution in [0.2, 0.25) is 0 Å². The molecule has 0 aliphatic carbocycles. The Kier molecular flexibility index (Phi) is 5.56. The van der Waals surface area contributed by atoms with E-state index < -0.39 is 11.6 Å². The van der Waals surface area contributed by atoms with Gasteiger partial charge in [-0.25, -0.2) is 4.79 Å². The van der Waals surface area contributed by atoms with Crippen LogP contribution in [-0.2, 0) is 4.74 Å². The summed E-state index contributed by atoms with van der Waals surface area (Å²) >= 11 is 0. The molecule has 3 aromatic carbocycles. The van der Waals surface area contributed by atoms with Crippen molar-refractivity contribution in [3.05, 3.63) is 77.9 Å². The maximum Gasteiger partial charge on any atom is 0.339 e. The highest BCUT2D eigenvalue weighted by Crippen LogP contribution is 2.37. The predicted molar refractivity (Wildman–Crippen MR) is 113 cm³/mol. The van der Waals surface area contributed by atoms with Crippen LogP contribution in [0, 0.1) is 11.3 Å². The van der Waals surface area contributed by atoms with Gasteiger partial charge in [0.25, 0.3) is 0 Å². The Morgan fingerprint density at radius 1 is 0.966 bits per heavy atom. The lowest BCUT2D eigenvalue weighted by atomic mass is 9.98. The van der Waals surface area contributed by atoms with E-state index >= 15 is 0 Å². The largest absolute Gasteiger partial charge is 0.457 e. The molecule has 3 rings (SSSR count). The van der Waals surface area contributed by atoms with Gasteiger partial charge in [0.15, 0.2) is 0 Å². The Hall–Kier alpha value is -3.78. The van der Waals surface area contributed by atoms with Crippen molar-refractivity contribution in [3.63, 3.8) is 0 Å². The van der Waals surface area contributed by atoms with E-state index in [2.05, 4.69) is 6.07 Å². The van der Waals surface area contributed by atoms with E-state index in [4.69, 9.17) is 20.5 Å². The standard InChI is InChI=1S/C24H22N2O3/c1-24(2,3)29-23(27)20-7-5-4-6-19(20)21-14-17(26)10-13-22(21)28-18-11-8-16(15-25)9-12-18/h4-14H,26H2,1-3H3. The number of nitrogen functional groups attached to an aromatic ring is 1. The number of benzene rings is 3. The van der Waals surface area contributed by atoms with Gasteiger partial charge in [-0.1, -0.05) is 18.2 Å². The van der Waals surface area contributed by atoms with E-state index in [0.29, 0.717) is 39.4 Å². The van der Waals surface area contributed by atoms with E-state index in [9.17, 15) is 4.79 Å². The quantitative estimate of drug-likeness (QED) is 0.469. The van der Waals surface area contributed by atoms with Gasteiger partial charge in [-0.2, -0.15) is 5.26 Å². The number of carbonyl (C=O) groups is 1. The number of hydrogen-bond donors (Lipinski definition) is 1. The van der Waals surface area contributed by atoms with Crippen molar-refractivity contribution in [1.29, 1.82) is 5.26 Å². The molecule has 0 aliphatic rings. The van der Waals surface area contributed by atoms with Crippen molar-refractivity contribution in [2.75, 3.05) is 5.73 Å². The molecule has 0 heterocycles. The molecule has 0 saturated carbocycles. The van der Waals surface area contributed by atoms with Crippen molar-refractivity contribution in [1.82, 2.24) is 0 Å². The first-order valence-electron chi connectivity index (χ1n) is 9.17. The zero-order valence-electron chi connectivity index (χ0n) is 16.6. The summed E-state index contributed by atoms with van der Waals surface area (Å²) in [4.78, 5) is 12.8. The van der Waals surface area contributed by atoms with Crippen molar-refractivity contribution >= 4 is 11.7 Å². The molecule has 146 valence electrons. The minimum Gasteiger partial charge on any atom is -0.457 e. The average molecular weight is 386 g/mol. The summed E-state index contributed by atoms with van der Waals surface area (Å²) in [6, 6.07) is 21.3. The van der Waals surface area contributed by atoms with Gasteiger partial charge in [0.1, 0.15) is 17.1 Å². The number of carbonyl (C=O) groups excluding carboxylic acids is 1. The van der Waals surface area contributed by atoms with Gasteiger partial charge < -0.3 is 15.2 Å². The molecule has 3 aromatic rings. The molecule has 0 radical (unpaired) electrons. The Bertz CT molecular complexity index is 1070. The van der Waals surface area contributed by atoms with Gasteiger partial charge in [0.2, 0.25) is 0 Å². The number of esters is 1. The van der Waals surface area contributed by atoms with Crippen LogP contribution in [-0.4, -0.2) is 11.6 Å². The first-order valence-corrected chi connectivity index (χ1v) is 9.17. The molecule has 0 aromatic heterocycles. The van der Waals surface area contributed by atoms with Crippen molar-refractivity contribution < 1.29 is 14.3 Å². The topological polar surface area (TPSA) is 85.3 Å². The number of ether oxygens (including phenoxy) is 2. The first-order chi connectivity index (χ1) is 13.8. The van der Waals surface area contributed by atoms with Gasteiger partial charge in [-0.15, -0.1) is 0 Å². The predicted octanol–water partition coefficient (Wildman–Crippen LogP) is 5.56. The van der Waals surface area contributed by atoms with Crippen LogP contribution in [0.4, 0.5) is 5.69 Å². The molecule has 0 bridgehead atoms. The summed E-state index contributed by atoms with van der Waals surface area (Å²) < 4.78 is 11.6. The fraction of sp³-hybridized carbons (Fsp3) is 0.167. The number of hydrogen-bond acceptors (Lipinski definition) is 5. The molecule has 5 nitrogen and oxygen atoms in total. The Morgan fingerprint density at radius 3 is 2.31 bits per heavy atom. The average Bonchev–Trinajstić information content (AvgIpc) is 2.68. The SMILES string of the molecule is CC(C)(C)OC(=O)c1ccccc1-c1cc(N)ccc1Oc1ccc(C#N)cc1. The number of nitrogens with zero attached hydrogens (tertiary/aromatic N) is 1. The second-order valence-corrected chi connectivity index (χ2v) is 7.54. The smallest absolute Gasteiger partial charge is 0.339 e. The Balaban J connectivity index is 2.04. The Morgan fingerprint density at radius 2 is 1.66 bits per heavy atom. The molecule has 0 fully saturated rings. The lowest BCUT2D eigenvalue weighted by Gasteiger charge is -2.21. The second-order valence-electron chi connectivity index (χ2n) is 7.54. The fourth-order valence-corrected chi connectivity index (χ4v) is 2.80. The molecular formula is C24H22N2O3. The molecule has 29 heavy (non-hydrogen) atoms. The zero-order valence-corrected chi connectivity index (χ0v) is 16.6. The third-order valence-corrected chi connectivity index (χ3v) is 4.05. The Labute approximate surface area is 170 Å². The summed E-state index contributed by atoms with van der Waals surface area (Å²) in [7, 11) is 0. The maximum absolute atomic E-state index is 12.8. The first kappa shape index (κ1) is 20.0. The molecule has 5 heteroatoms. The van der Waals surface area contributed by atoms with Gasteiger partial charge in [-0.3, -0.25) is 0 Å². The highest BCUT2D eigenvalue weighted by atomic mass is 16.6. The zero-order chi connectivity index (χ0) is 21.0. The summed E-state index contributed by atoms with van der Waals surface area (Å²) in [5.41, 5.74) is 8.27. The van der Waals surface area contributed by atoms with Crippen LogP contribution >= 0.6 is 0 Å². The normalized spacial score (nSPS) is 10.8. The van der Waals surface area contributed by atoms with E-state index in [-0.39, 0.29) is 0 Å². The highest BCUT2D eigenvalue weighted by Gasteiger charge is 2.22. The van der Waals surface area contributed by atoms with E-state index in [1.807, 2.05) is 32.9 Å². The third-order valence-electron chi connectivity index (χ3n) is 4.05. The van der Waals surface area contributed by atoms with Crippen LogP contribution in [0.25, 0.3) is 11.1 Å². The summed E-state index contributed by atoms with van der Waals surface area (Å²) in [6.45, 7) is 5.48. The lowest BCUT2D eigenvalue weighted by Crippen LogP contribution is -2.24. The molecule has 0 aliphatic heterocycles. The van der Waals surface area contributed by atoms with Gasteiger partial charge >= 0.3 is 5.97 Å². The monoisotopic (exact) mass is 386 g/mol. The minimum atomic E-state index is -0.609. The molecule has 0 atom stereocenters. The van der Waals surface area contributed by atoms with E-state index in [1.165, 1.54) is 0 Å². The molecule has 0 unspecified atom stereocenters. The minimum absolute atomic E-state index is 0.417. The van der Waals surface area contributed by atoms with E-state index in [0.717, 1.165) is 0 Å². The van der Waals surface area contributed by atoms with Crippen molar-refractivity contribution in [3.8, 4) is 28.7 Å². The van der Waals surface area contributed by atoms with Gasteiger partial charge in [-0.05, 0) is 74.9 Å². The van der Waals surface area contributed by atoms with Crippen molar-refractivity contribution in [2.24, 2.45) is 0 Å². The molecule has 2 N–H and O–H groups in total. The van der Waals surface area contributed by atoms with Gasteiger partial charge in [0.05, 0.1) is 17.2 Å². The third kappa shape index (κ3) is 4.94. The maximum atomic E-state index is 12.8. The number of nitrogens with two attached hydrogens (primary N) is 1.